The molecule has 2 aromatic rings. The number of benzene rings is 1. The van der Waals surface area contributed by atoms with Crippen LogP contribution in [0.4, 0.5) is 17.6 Å². The average Bonchev–Trinajstić information content (AvgIpc) is 3.06. The van der Waals surface area contributed by atoms with E-state index in [0.29, 0.717) is 11.3 Å². The standard InChI is InChI=1S/C19H23BF4N2O3/c1-11-13(10-25-26(11)8-9-27-17(23)24)12-6-7-14(16(22)15(12)21)20-28-18(2,3)19(4,5)29-20/h6-7,10,17H,8-9H2,1-5H3. The maximum atomic E-state index is 14.9. The van der Waals surface area contributed by atoms with Gasteiger partial charge in [-0.05, 0) is 34.6 Å². The molecular formula is C19H23BF4N2O3. The Balaban J connectivity index is 1.87. The van der Waals surface area contributed by atoms with Crippen molar-refractivity contribution < 1.29 is 31.6 Å². The molecule has 158 valence electrons. The zero-order valence-electron chi connectivity index (χ0n) is 16.9. The summed E-state index contributed by atoms with van der Waals surface area (Å²) in [6.45, 7) is 5.87. The molecule has 3 rings (SSSR count). The predicted molar refractivity (Wildman–Crippen MR) is 100.0 cm³/mol. The second kappa shape index (κ2) is 7.73. The molecule has 0 saturated carbocycles. The van der Waals surface area contributed by atoms with Crippen molar-refractivity contribution in [3.8, 4) is 11.1 Å². The molecule has 0 atom stereocenters. The number of ether oxygens (including phenoxy) is 1. The van der Waals surface area contributed by atoms with Crippen LogP contribution in [0.3, 0.4) is 0 Å². The van der Waals surface area contributed by atoms with E-state index in [1.165, 1.54) is 23.0 Å². The summed E-state index contributed by atoms with van der Waals surface area (Å²) < 4.78 is 71.2. The van der Waals surface area contributed by atoms with E-state index in [9.17, 15) is 17.6 Å². The highest BCUT2D eigenvalue weighted by Crippen LogP contribution is 2.37. The molecule has 0 aliphatic carbocycles. The van der Waals surface area contributed by atoms with E-state index >= 15 is 0 Å². The Labute approximate surface area is 167 Å². The van der Waals surface area contributed by atoms with Crippen molar-refractivity contribution in [3.05, 3.63) is 35.7 Å². The first-order chi connectivity index (χ1) is 13.4. The second-order valence-electron chi connectivity index (χ2n) is 7.92. The van der Waals surface area contributed by atoms with Crippen LogP contribution in [0, 0.1) is 18.6 Å². The molecule has 0 N–H and O–H groups in total. The highest BCUT2D eigenvalue weighted by atomic mass is 19.3. The molecule has 0 spiro atoms. The highest BCUT2D eigenvalue weighted by molar-refractivity contribution is 6.62. The lowest BCUT2D eigenvalue weighted by atomic mass is 9.78. The van der Waals surface area contributed by atoms with Gasteiger partial charge >= 0.3 is 13.7 Å². The summed E-state index contributed by atoms with van der Waals surface area (Å²) in [5, 5.41) is 4.05. The van der Waals surface area contributed by atoms with Gasteiger partial charge in [-0.1, -0.05) is 12.1 Å². The Bertz CT molecular complexity index is 886. The molecule has 5 nitrogen and oxygen atoms in total. The first kappa shape index (κ1) is 21.8. The van der Waals surface area contributed by atoms with Crippen LogP contribution >= 0.6 is 0 Å². The summed E-state index contributed by atoms with van der Waals surface area (Å²) in [6.07, 6.45) is 1.37. The molecule has 1 aromatic heterocycles. The lowest BCUT2D eigenvalue weighted by Gasteiger charge is -2.32. The number of rotatable bonds is 6. The van der Waals surface area contributed by atoms with E-state index in [-0.39, 0.29) is 24.2 Å². The number of nitrogens with zero attached hydrogens (tertiary/aromatic N) is 2. The molecule has 2 heterocycles. The minimum atomic E-state index is -2.88. The van der Waals surface area contributed by atoms with Crippen molar-refractivity contribution in [3.63, 3.8) is 0 Å². The maximum Gasteiger partial charge on any atom is 0.497 e. The summed E-state index contributed by atoms with van der Waals surface area (Å²) in [5.74, 6) is -2.11. The van der Waals surface area contributed by atoms with E-state index in [4.69, 9.17) is 9.31 Å². The van der Waals surface area contributed by atoms with E-state index in [2.05, 4.69) is 9.84 Å². The van der Waals surface area contributed by atoms with Gasteiger partial charge in [0.2, 0.25) is 0 Å². The molecular weight excluding hydrogens is 391 g/mol. The van der Waals surface area contributed by atoms with Crippen LogP contribution in [0.5, 0.6) is 0 Å². The third kappa shape index (κ3) is 4.06. The Hall–Kier alpha value is -1.91. The Morgan fingerprint density at radius 1 is 1.07 bits per heavy atom. The molecule has 0 unspecified atom stereocenters. The predicted octanol–water partition coefficient (Wildman–Crippen LogP) is 3.68. The van der Waals surface area contributed by atoms with Gasteiger partial charge in [0.1, 0.15) is 0 Å². The molecule has 1 aromatic carbocycles. The Morgan fingerprint density at radius 3 is 2.28 bits per heavy atom. The van der Waals surface area contributed by atoms with Gasteiger partial charge in [-0.15, -0.1) is 0 Å². The average molecular weight is 414 g/mol. The van der Waals surface area contributed by atoms with Crippen molar-refractivity contribution >= 4 is 12.6 Å². The van der Waals surface area contributed by atoms with Gasteiger partial charge in [0.25, 0.3) is 0 Å². The lowest BCUT2D eigenvalue weighted by Crippen LogP contribution is -2.41. The van der Waals surface area contributed by atoms with Gasteiger partial charge in [0.15, 0.2) is 11.6 Å². The molecule has 0 amide bonds. The summed E-state index contributed by atoms with van der Waals surface area (Å²) in [4.78, 5) is 0. The van der Waals surface area contributed by atoms with Crippen molar-refractivity contribution in [2.24, 2.45) is 0 Å². The number of aromatic nitrogens is 2. The summed E-state index contributed by atoms with van der Waals surface area (Å²) in [7, 11) is -1.03. The first-order valence-electron chi connectivity index (χ1n) is 9.20. The fraction of sp³-hybridized carbons (Fsp3) is 0.526. The van der Waals surface area contributed by atoms with Gasteiger partial charge in [-0.25, -0.2) is 8.78 Å². The zero-order chi connectivity index (χ0) is 21.6. The van der Waals surface area contributed by atoms with Gasteiger partial charge in [0.05, 0.1) is 30.6 Å². The van der Waals surface area contributed by atoms with Gasteiger partial charge in [0, 0.05) is 22.3 Å². The normalized spacial score (nSPS) is 18.1. The minimum Gasteiger partial charge on any atom is -0.399 e. The zero-order valence-corrected chi connectivity index (χ0v) is 16.9. The number of alkyl halides is 2. The first-order valence-corrected chi connectivity index (χ1v) is 9.20. The number of hydrogen-bond acceptors (Lipinski definition) is 4. The molecule has 1 saturated heterocycles. The summed E-state index contributed by atoms with van der Waals surface area (Å²) >= 11 is 0. The van der Waals surface area contributed by atoms with Crippen molar-refractivity contribution in [1.82, 2.24) is 9.78 Å². The fourth-order valence-corrected chi connectivity index (χ4v) is 3.09. The van der Waals surface area contributed by atoms with E-state index < -0.39 is 36.6 Å². The maximum absolute atomic E-state index is 14.9. The molecule has 1 fully saturated rings. The van der Waals surface area contributed by atoms with Crippen LogP contribution in [0.1, 0.15) is 33.4 Å². The highest BCUT2D eigenvalue weighted by Gasteiger charge is 2.52. The quantitative estimate of drug-likeness (QED) is 0.535. The topological polar surface area (TPSA) is 45.5 Å². The van der Waals surface area contributed by atoms with Crippen molar-refractivity contribution in [2.75, 3.05) is 6.61 Å². The van der Waals surface area contributed by atoms with Gasteiger partial charge in [-0.3, -0.25) is 4.68 Å². The minimum absolute atomic E-state index is 0.0151. The van der Waals surface area contributed by atoms with E-state index in [0.717, 1.165) is 0 Å². The third-order valence-electron chi connectivity index (χ3n) is 5.56. The molecule has 29 heavy (non-hydrogen) atoms. The summed E-state index contributed by atoms with van der Waals surface area (Å²) in [5.41, 5.74) is -0.515. The monoisotopic (exact) mass is 414 g/mol. The van der Waals surface area contributed by atoms with E-state index in [1.54, 1.807) is 6.92 Å². The van der Waals surface area contributed by atoms with Crippen LogP contribution < -0.4 is 5.46 Å². The van der Waals surface area contributed by atoms with Gasteiger partial charge in [-0.2, -0.15) is 13.9 Å². The SMILES string of the molecule is Cc1c(-c2ccc(B3OC(C)(C)C(C)(C)O3)c(F)c2F)cnn1CCOC(F)F. The van der Waals surface area contributed by atoms with Crippen molar-refractivity contribution in [2.45, 2.75) is 59.0 Å². The van der Waals surface area contributed by atoms with Crippen LogP contribution in [-0.2, 0) is 20.6 Å². The van der Waals surface area contributed by atoms with Crippen LogP contribution in [0.2, 0.25) is 0 Å². The van der Waals surface area contributed by atoms with Crippen LogP contribution in [-0.4, -0.2) is 41.3 Å². The van der Waals surface area contributed by atoms with Crippen LogP contribution in [0.15, 0.2) is 18.3 Å². The molecule has 0 radical (unpaired) electrons. The number of halogens is 4. The fourth-order valence-electron chi connectivity index (χ4n) is 3.09. The smallest absolute Gasteiger partial charge is 0.399 e. The molecule has 1 aliphatic heterocycles. The molecule has 0 bridgehead atoms. The molecule has 10 heteroatoms. The van der Waals surface area contributed by atoms with Crippen LogP contribution in [0.25, 0.3) is 11.1 Å². The van der Waals surface area contributed by atoms with Crippen molar-refractivity contribution in [1.29, 1.82) is 0 Å². The number of hydrogen-bond donors (Lipinski definition) is 0. The summed E-state index contributed by atoms with van der Waals surface area (Å²) in [6, 6.07) is 2.86. The Morgan fingerprint density at radius 2 is 1.69 bits per heavy atom. The van der Waals surface area contributed by atoms with E-state index in [1.807, 2.05) is 27.7 Å². The second-order valence-corrected chi connectivity index (χ2v) is 7.92. The molecule has 1 aliphatic rings. The largest absolute Gasteiger partial charge is 0.497 e. The lowest BCUT2D eigenvalue weighted by molar-refractivity contribution is -0.130. The third-order valence-corrected chi connectivity index (χ3v) is 5.56. The van der Waals surface area contributed by atoms with Gasteiger partial charge < -0.3 is 14.0 Å². The Kier molecular flexibility index (Phi) is 5.81.